The first-order valence-corrected chi connectivity index (χ1v) is 15.3. The van der Waals surface area contributed by atoms with Crippen molar-refractivity contribution in [2.75, 3.05) is 0 Å². The van der Waals surface area contributed by atoms with Gasteiger partial charge in [0.15, 0.2) is 0 Å². The first kappa shape index (κ1) is 28.3. The molecule has 0 fully saturated rings. The Morgan fingerprint density at radius 1 is 0.660 bits per heavy atom. The molecule has 0 saturated carbocycles. The van der Waals surface area contributed by atoms with Crippen molar-refractivity contribution in [2.24, 2.45) is 0 Å². The molecule has 3 heterocycles. The maximum atomic E-state index is 7.23. The van der Waals surface area contributed by atoms with Gasteiger partial charge in [-0.25, -0.2) is 0 Å². The molecular formula is C43H34IrN2O-2. The van der Waals surface area contributed by atoms with Crippen molar-refractivity contribution in [3.63, 3.8) is 0 Å². The van der Waals surface area contributed by atoms with E-state index in [1.165, 1.54) is 33.5 Å². The average Bonchev–Trinajstić information content (AvgIpc) is 3.51. The largest absolute Gasteiger partial charge is 0.456 e. The Balaban J connectivity index is 0.000000215. The van der Waals surface area contributed by atoms with Crippen molar-refractivity contribution in [3.05, 3.63) is 157 Å². The summed E-state index contributed by atoms with van der Waals surface area (Å²) in [6.45, 7) is 4.58. The van der Waals surface area contributed by atoms with Crippen molar-refractivity contribution < 1.29 is 28.6 Å². The third-order valence-corrected chi connectivity index (χ3v) is 8.16. The van der Waals surface area contributed by atoms with Crippen LogP contribution in [0.25, 0.3) is 66.4 Å². The molecule has 3 nitrogen and oxygen atoms in total. The number of pyridine rings is 2. The van der Waals surface area contributed by atoms with Gasteiger partial charge in [-0.2, -0.15) is 0 Å². The first-order chi connectivity index (χ1) is 23.6. The van der Waals surface area contributed by atoms with E-state index in [9.17, 15) is 0 Å². The molecule has 47 heavy (non-hydrogen) atoms. The van der Waals surface area contributed by atoms with E-state index in [0.29, 0.717) is 0 Å². The zero-order chi connectivity index (χ0) is 34.2. The third kappa shape index (κ3) is 6.67. The fourth-order valence-corrected chi connectivity index (χ4v) is 5.77. The molecule has 5 aromatic carbocycles. The maximum absolute atomic E-state index is 7.23. The van der Waals surface area contributed by atoms with E-state index in [4.69, 9.17) is 8.53 Å². The maximum Gasteiger partial charge on any atom is 0.136 e. The summed E-state index contributed by atoms with van der Waals surface area (Å²) in [5.74, 6) is 0. The summed E-state index contributed by atoms with van der Waals surface area (Å²) < 4.78 is 27.8. The normalized spacial score (nSPS) is 12.4. The smallest absolute Gasteiger partial charge is 0.136 e. The van der Waals surface area contributed by atoms with Gasteiger partial charge in [0.1, 0.15) is 11.2 Å². The number of furan rings is 1. The minimum Gasteiger partial charge on any atom is -0.456 e. The van der Waals surface area contributed by atoms with Crippen LogP contribution in [0.5, 0.6) is 0 Å². The Labute approximate surface area is 293 Å². The molecule has 0 atom stereocenters. The molecule has 1 radical (unpaired) electrons. The summed E-state index contributed by atoms with van der Waals surface area (Å²) in [5.41, 5.74) is 9.34. The fourth-order valence-electron chi connectivity index (χ4n) is 5.77. The van der Waals surface area contributed by atoms with Gasteiger partial charge >= 0.3 is 0 Å². The van der Waals surface area contributed by atoms with Crippen LogP contribution in [0.3, 0.4) is 0 Å². The van der Waals surface area contributed by atoms with Gasteiger partial charge in [0.25, 0.3) is 0 Å². The van der Waals surface area contributed by atoms with E-state index in [1.807, 2.05) is 42.6 Å². The molecule has 0 bridgehead atoms. The molecule has 0 amide bonds. The minimum absolute atomic E-state index is 0. The molecule has 0 N–H and O–H groups in total. The predicted molar refractivity (Wildman–Crippen MR) is 191 cm³/mol. The van der Waals surface area contributed by atoms with E-state index in [1.54, 1.807) is 18.2 Å². The predicted octanol–water partition coefficient (Wildman–Crippen LogP) is 11.4. The molecule has 8 rings (SSSR count). The van der Waals surface area contributed by atoms with Gasteiger partial charge in [0.05, 0.1) is 0 Å². The quantitative estimate of drug-likeness (QED) is 0.167. The standard InChI is InChI=1S/C31H24NO.C12H10N.Ir/c1-31(2,3)22-16-17-32-27(19-22)21-9-6-8-20(18-21)23-11-7-12-25-24(23)14-15-29-30(25)26-10-4-5-13-28(26)33-29;1-10-7-8-12(13-9-10)11-5-3-2-4-6-11;/h4-8,10-19H,1-3H3;2-5,7-9H,1H3;/q2*-1;/i;1D3;. The summed E-state index contributed by atoms with van der Waals surface area (Å²) in [6, 6.07) is 46.8. The molecule has 0 aliphatic carbocycles. The molecule has 3 aromatic heterocycles. The summed E-state index contributed by atoms with van der Waals surface area (Å²) in [7, 11) is 0. The third-order valence-electron chi connectivity index (χ3n) is 8.16. The Kier molecular flexibility index (Phi) is 8.11. The van der Waals surface area contributed by atoms with Crippen molar-refractivity contribution in [1.29, 1.82) is 0 Å². The SMILES string of the molecule is CC(C)(C)c1ccnc(-c2[c-]ccc(-c3cccc4c3ccc3oc5ccccc5c34)c2)c1.[2H]C([2H])([2H])c1ccc(-c2[c-]cccc2)nc1.[Ir]. The van der Waals surface area contributed by atoms with Gasteiger partial charge in [-0.3, -0.25) is 0 Å². The summed E-state index contributed by atoms with van der Waals surface area (Å²) in [6.07, 6.45) is 3.29. The van der Waals surface area contributed by atoms with E-state index in [0.717, 1.165) is 44.6 Å². The van der Waals surface area contributed by atoms with Crippen LogP contribution in [-0.4, -0.2) is 9.97 Å². The Hall–Kier alpha value is -4.89. The van der Waals surface area contributed by atoms with E-state index < -0.39 is 6.85 Å². The van der Waals surface area contributed by atoms with Gasteiger partial charge in [0.2, 0.25) is 0 Å². The molecular weight excluding hydrogens is 753 g/mol. The molecule has 0 aliphatic rings. The van der Waals surface area contributed by atoms with Crippen LogP contribution in [-0.2, 0) is 25.5 Å². The van der Waals surface area contributed by atoms with Crippen LogP contribution >= 0.6 is 0 Å². The number of fused-ring (bicyclic) bond motifs is 5. The molecule has 0 unspecified atom stereocenters. The number of aromatic nitrogens is 2. The fraction of sp³-hybridized carbons (Fsp3) is 0.116. The number of benzene rings is 5. The summed E-state index contributed by atoms with van der Waals surface area (Å²) in [5, 5.41) is 4.75. The first-order valence-electron chi connectivity index (χ1n) is 16.8. The van der Waals surface area contributed by atoms with Crippen molar-refractivity contribution >= 4 is 32.7 Å². The van der Waals surface area contributed by atoms with Crippen LogP contribution in [0.2, 0.25) is 0 Å². The second-order valence-electron chi connectivity index (χ2n) is 12.3. The number of nitrogens with zero attached hydrogens (tertiary/aromatic N) is 2. The number of hydrogen-bond acceptors (Lipinski definition) is 3. The minimum atomic E-state index is -2.09. The van der Waals surface area contributed by atoms with Crippen LogP contribution in [0.4, 0.5) is 0 Å². The molecule has 0 saturated heterocycles. The number of rotatable bonds is 3. The zero-order valence-electron chi connectivity index (χ0n) is 29.3. The number of hydrogen-bond donors (Lipinski definition) is 0. The summed E-state index contributed by atoms with van der Waals surface area (Å²) >= 11 is 0. The Morgan fingerprint density at radius 2 is 1.49 bits per heavy atom. The van der Waals surface area contributed by atoms with E-state index in [2.05, 4.69) is 110 Å². The molecule has 0 spiro atoms. The van der Waals surface area contributed by atoms with Gasteiger partial charge < -0.3 is 14.4 Å². The Bertz CT molecular complexity index is 2410. The van der Waals surface area contributed by atoms with Crippen LogP contribution < -0.4 is 0 Å². The second-order valence-corrected chi connectivity index (χ2v) is 12.3. The van der Waals surface area contributed by atoms with Gasteiger partial charge in [-0.05, 0) is 69.3 Å². The van der Waals surface area contributed by atoms with Crippen molar-refractivity contribution in [1.82, 2.24) is 9.97 Å². The topological polar surface area (TPSA) is 38.9 Å². The van der Waals surface area contributed by atoms with Crippen LogP contribution in [0, 0.1) is 19.0 Å². The van der Waals surface area contributed by atoms with E-state index in [-0.39, 0.29) is 31.1 Å². The van der Waals surface area contributed by atoms with Gasteiger partial charge in [-0.15, -0.1) is 71.3 Å². The summed E-state index contributed by atoms with van der Waals surface area (Å²) in [4.78, 5) is 8.77. The van der Waals surface area contributed by atoms with E-state index >= 15 is 0 Å². The average molecular weight is 790 g/mol. The number of para-hydroxylation sites is 1. The second kappa shape index (κ2) is 13.5. The molecule has 0 aliphatic heterocycles. The Morgan fingerprint density at radius 3 is 2.28 bits per heavy atom. The van der Waals surface area contributed by atoms with Gasteiger partial charge in [-0.1, -0.05) is 81.4 Å². The zero-order valence-corrected chi connectivity index (χ0v) is 28.7. The molecule has 8 aromatic rings. The molecule has 233 valence electrons. The van der Waals surface area contributed by atoms with Crippen molar-refractivity contribution in [2.45, 2.75) is 33.0 Å². The van der Waals surface area contributed by atoms with Gasteiger partial charge in [0, 0.05) is 47.4 Å². The monoisotopic (exact) mass is 790 g/mol. The number of aryl methyl sites for hydroxylation is 1. The van der Waals surface area contributed by atoms with Crippen molar-refractivity contribution in [3.8, 4) is 33.6 Å². The van der Waals surface area contributed by atoms with Crippen LogP contribution in [0.1, 0.15) is 36.0 Å². The molecule has 4 heteroatoms. The van der Waals surface area contributed by atoms with Crippen LogP contribution in [0.15, 0.2) is 138 Å².